The van der Waals surface area contributed by atoms with Crippen molar-refractivity contribution in [3.05, 3.63) is 5.01 Å². The quantitative estimate of drug-likeness (QED) is 0.567. The molecule has 1 heterocycles. The van der Waals surface area contributed by atoms with E-state index in [1.54, 1.807) is 30.0 Å². The van der Waals surface area contributed by atoms with Gasteiger partial charge in [0.1, 0.15) is 10.5 Å². The Balaban J connectivity index is 1.74. The van der Waals surface area contributed by atoms with Crippen LogP contribution in [0.25, 0.3) is 0 Å². The molecule has 1 aromatic heterocycles. The van der Waals surface area contributed by atoms with Crippen LogP contribution in [0.2, 0.25) is 0 Å². The summed E-state index contributed by atoms with van der Waals surface area (Å²) in [6.45, 7) is 3.72. The number of aromatic nitrogens is 2. The van der Waals surface area contributed by atoms with Gasteiger partial charge >= 0.3 is 5.97 Å². The number of nitrogens with zero attached hydrogens (tertiary/aromatic N) is 2. The summed E-state index contributed by atoms with van der Waals surface area (Å²) >= 11 is 3.23. The Morgan fingerprint density at radius 1 is 1.58 bits per heavy atom. The minimum Gasteiger partial charge on any atom is -0.480 e. The molecular weight excluding hydrogens is 282 g/mol. The average molecular weight is 301 g/mol. The molecule has 2 N–H and O–H groups in total. The smallest absolute Gasteiger partial charge is 0.323 e. The zero-order valence-electron chi connectivity index (χ0n) is 11.2. The van der Waals surface area contributed by atoms with E-state index in [4.69, 9.17) is 0 Å². The van der Waals surface area contributed by atoms with Gasteiger partial charge in [-0.05, 0) is 39.5 Å². The lowest BCUT2D eigenvalue weighted by Crippen LogP contribution is -2.50. The summed E-state index contributed by atoms with van der Waals surface area (Å²) in [4.78, 5) is 11.4. The van der Waals surface area contributed by atoms with Gasteiger partial charge in [-0.25, -0.2) is 0 Å². The van der Waals surface area contributed by atoms with E-state index in [0.717, 1.165) is 34.4 Å². The molecule has 7 heteroatoms. The number of carboxylic acid groups (broad SMARTS) is 1. The van der Waals surface area contributed by atoms with Crippen molar-refractivity contribution in [3.63, 3.8) is 0 Å². The summed E-state index contributed by atoms with van der Waals surface area (Å²) in [5.41, 5.74) is -0.793. The van der Waals surface area contributed by atoms with E-state index >= 15 is 0 Å². The zero-order valence-corrected chi connectivity index (χ0v) is 12.8. The number of carbonyl (C=O) groups is 1. The Labute approximate surface area is 121 Å². The molecule has 19 heavy (non-hydrogen) atoms. The molecule has 5 nitrogen and oxygen atoms in total. The lowest BCUT2D eigenvalue weighted by Gasteiger charge is -2.26. The van der Waals surface area contributed by atoms with E-state index in [2.05, 4.69) is 15.5 Å². The van der Waals surface area contributed by atoms with Crippen molar-refractivity contribution in [3.8, 4) is 0 Å². The highest BCUT2D eigenvalue weighted by atomic mass is 32.2. The van der Waals surface area contributed by atoms with Crippen molar-refractivity contribution in [1.29, 1.82) is 0 Å². The minimum atomic E-state index is -0.793. The van der Waals surface area contributed by atoms with Crippen LogP contribution >= 0.6 is 23.1 Å². The summed E-state index contributed by atoms with van der Waals surface area (Å²) < 4.78 is 0.963. The second-order valence-electron chi connectivity index (χ2n) is 5.09. The number of aryl methyl sites for hydroxylation is 1. The summed E-state index contributed by atoms with van der Waals surface area (Å²) in [6, 6.07) is 0.402. The first-order valence-electron chi connectivity index (χ1n) is 6.43. The van der Waals surface area contributed by atoms with Crippen molar-refractivity contribution in [2.75, 3.05) is 5.75 Å². The van der Waals surface area contributed by atoms with Crippen LogP contribution in [0.3, 0.4) is 0 Å². The number of hydrogen-bond donors (Lipinski definition) is 2. The summed E-state index contributed by atoms with van der Waals surface area (Å²) in [5, 5.41) is 21.5. The van der Waals surface area contributed by atoms with Gasteiger partial charge in [0.2, 0.25) is 0 Å². The molecule has 0 aromatic carbocycles. The first kappa shape index (κ1) is 14.7. The van der Waals surface area contributed by atoms with Gasteiger partial charge < -0.3 is 5.11 Å². The first-order valence-corrected chi connectivity index (χ1v) is 8.24. The fraction of sp³-hybridized carbons (Fsp3) is 0.750. The molecule has 1 unspecified atom stereocenters. The van der Waals surface area contributed by atoms with Crippen molar-refractivity contribution in [2.24, 2.45) is 0 Å². The molecule has 1 atom stereocenters. The van der Waals surface area contributed by atoms with E-state index in [-0.39, 0.29) is 0 Å². The van der Waals surface area contributed by atoms with E-state index < -0.39 is 11.5 Å². The Bertz CT molecular complexity index is 448. The van der Waals surface area contributed by atoms with Crippen LogP contribution in [0.4, 0.5) is 0 Å². The lowest BCUT2D eigenvalue weighted by molar-refractivity contribution is -0.144. The first-order chi connectivity index (χ1) is 8.99. The van der Waals surface area contributed by atoms with Crippen molar-refractivity contribution >= 4 is 29.1 Å². The molecule has 0 saturated heterocycles. The maximum atomic E-state index is 11.4. The minimum absolute atomic E-state index is 0.402. The third-order valence-electron chi connectivity index (χ3n) is 3.13. The maximum absolute atomic E-state index is 11.4. The maximum Gasteiger partial charge on any atom is 0.323 e. The van der Waals surface area contributed by atoms with Gasteiger partial charge in [-0.1, -0.05) is 23.1 Å². The van der Waals surface area contributed by atoms with Gasteiger partial charge in [-0.3, -0.25) is 10.1 Å². The summed E-state index contributed by atoms with van der Waals surface area (Å²) in [7, 11) is 0. The topological polar surface area (TPSA) is 75.1 Å². The van der Waals surface area contributed by atoms with Crippen LogP contribution in [0.5, 0.6) is 0 Å². The molecule has 0 bridgehead atoms. The molecule has 1 fully saturated rings. The number of rotatable bonds is 8. The van der Waals surface area contributed by atoms with Crippen molar-refractivity contribution < 1.29 is 9.90 Å². The van der Waals surface area contributed by atoms with Gasteiger partial charge in [-0.2, -0.15) is 0 Å². The number of thioether (sulfide) groups is 1. The molecule has 0 spiro atoms. The summed E-state index contributed by atoms with van der Waals surface area (Å²) in [6.07, 6.45) is 3.69. The van der Waals surface area contributed by atoms with Gasteiger partial charge in [-0.15, -0.1) is 10.2 Å². The highest BCUT2D eigenvalue weighted by molar-refractivity contribution is 8.01. The van der Waals surface area contributed by atoms with Crippen LogP contribution in [0.1, 0.15) is 37.6 Å². The Kier molecular flexibility index (Phi) is 4.81. The standard InChI is InChI=1S/C12H19N3O2S2/c1-8-14-15-11(19-8)18-7-3-6-12(2,10(16)17)13-9-4-5-9/h9,13H,3-7H2,1-2H3,(H,16,17). The number of hydrogen-bond acceptors (Lipinski definition) is 6. The fourth-order valence-electron chi connectivity index (χ4n) is 1.84. The second-order valence-corrected chi connectivity index (χ2v) is 7.62. The predicted molar refractivity (Wildman–Crippen MR) is 76.8 cm³/mol. The third kappa shape index (κ3) is 4.43. The van der Waals surface area contributed by atoms with Crippen molar-refractivity contribution in [2.45, 2.75) is 55.5 Å². The van der Waals surface area contributed by atoms with Crippen LogP contribution < -0.4 is 5.32 Å². The Morgan fingerprint density at radius 3 is 2.84 bits per heavy atom. The molecular formula is C12H19N3O2S2. The molecule has 2 rings (SSSR count). The van der Waals surface area contributed by atoms with Gasteiger partial charge in [0.15, 0.2) is 4.34 Å². The Hall–Kier alpha value is -0.660. The zero-order chi connectivity index (χ0) is 13.9. The fourth-order valence-corrected chi connectivity index (χ4v) is 3.67. The highest BCUT2D eigenvalue weighted by Crippen LogP contribution is 2.27. The van der Waals surface area contributed by atoms with Gasteiger partial charge in [0, 0.05) is 11.8 Å². The molecule has 0 amide bonds. The van der Waals surface area contributed by atoms with Crippen LogP contribution in [0, 0.1) is 6.92 Å². The van der Waals surface area contributed by atoms with E-state index in [0.29, 0.717) is 12.5 Å². The molecule has 1 aliphatic carbocycles. The van der Waals surface area contributed by atoms with Crippen LogP contribution in [-0.2, 0) is 4.79 Å². The third-order valence-corrected chi connectivity index (χ3v) is 5.18. The lowest BCUT2D eigenvalue weighted by atomic mass is 9.96. The second kappa shape index (κ2) is 6.19. The van der Waals surface area contributed by atoms with Crippen molar-refractivity contribution in [1.82, 2.24) is 15.5 Å². The molecule has 0 radical (unpaired) electrons. The molecule has 1 aliphatic rings. The number of nitrogens with one attached hydrogen (secondary N) is 1. The molecule has 0 aliphatic heterocycles. The molecule has 1 aromatic rings. The molecule has 1 saturated carbocycles. The van der Waals surface area contributed by atoms with E-state index in [1.165, 1.54) is 0 Å². The largest absolute Gasteiger partial charge is 0.480 e. The summed E-state index contributed by atoms with van der Waals surface area (Å²) in [5.74, 6) is 0.125. The number of carboxylic acids is 1. The van der Waals surface area contributed by atoms with Gasteiger partial charge in [0.25, 0.3) is 0 Å². The predicted octanol–water partition coefficient (Wildman–Crippen LogP) is 2.31. The average Bonchev–Trinajstić information content (AvgIpc) is 3.05. The SMILES string of the molecule is Cc1nnc(SCCCC(C)(NC2CC2)C(=O)O)s1. The Morgan fingerprint density at radius 2 is 2.32 bits per heavy atom. The van der Waals surface area contributed by atoms with Gasteiger partial charge in [0.05, 0.1) is 0 Å². The van der Waals surface area contributed by atoms with Crippen LogP contribution in [-0.4, -0.2) is 38.6 Å². The van der Waals surface area contributed by atoms with Crippen LogP contribution in [0.15, 0.2) is 4.34 Å². The monoisotopic (exact) mass is 301 g/mol. The normalized spacial score (nSPS) is 18.2. The molecule has 106 valence electrons. The number of aliphatic carboxylic acids is 1. The van der Waals surface area contributed by atoms with E-state index in [9.17, 15) is 9.90 Å². The highest BCUT2D eigenvalue weighted by Gasteiger charge is 2.37. The van der Waals surface area contributed by atoms with E-state index in [1.807, 2.05) is 6.92 Å².